The lowest BCUT2D eigenvalue weighted by atomic mass is 10.2. The molecular weight excluding hydrogens is 336 g/mol. The lowest BCUT2D eigenvalue weighted by molar-refractivity contribution is -0.120. The smallest absolute Gasteiger partial charge is 0.225 e. The first-order chi connectivity index (χ1) is 12.0. The highest BCUT2D eigenvalue weighted by Gasteiger charge is 2.12. The second-order valence-corrected chi connectivity index (χ2v) is 6.97. The molecule has 0 aliphatic rings. The van der Waals surface area contributed by atoms with Gasteiger partial charge in [-0.25, -0.2) is 0 Å². The average molecular weight is 360 g/mol. The Morgan fingerprint density at radius 1 is 1.20 bits per heavy atom. The Labute approximate surface area is 152 Å². The van der Waals surface area contributed by atoms with Crippen molar-refractivity contribution in [1.29, 1.82) is 0 Å². The number of nitrogens with zero attached hydrogens (tertiary/aromatic N) is 1. The first-order valence-corrected chi connectivity index (χ1v) is 9.17. The molecule has 0 radical (unpaired) electrons. The van der Waals surface area contributed by atoms with Crippen molar-refractivity contribution in [2.75, 3.05) is 18.0 Å². The molecule has 0 spiro atoms. The van der Waals surface area contributed by atoms with Crippen LogP contribution in [-0.2, 0) is 16.0 Å². The molecule has 2 aromatic rings. The second kappa shape index (κ2) is 9.22. The fourth-order valence-corrected chi connectivity index (χ4v) is 3.09. The molecule has 25 heavy (non-hydrogen) atoms. The Balaban J connectivity index is 1.87. The summed E-state index contributed by atoms with van der Waals surface area (Å²) in [5.74, 6) is 0.670. The SMILES string of the molecule is CC(=O)N(CCNC(=O)Cc1cccs1)c1ccc(OC(C)C)cc1. The van der Waals surface area contributed by atoms with Gasteiger partial charge in [0.1, 0.15) is 5.75 Å². The highest BCUT2D eigenvalue weighted by atomic mass is 32.1. The number of hydrogen-bond acceptors (Lipinski definition) is 4. The number of thiophene rings is 1. The molecule has 0 aliphatic carbocycles. The number of amides is 2. The molecule has 0 saturated heterocycles. The number of benzene rings is 1. The Bertz CT molecular complexity index is 681. The van der Waals surface area contributed by atoms with Gasteiger partial charge >= 0.3 is 0 Å². The van der Waals surface area contributed by atoms with Crippen LogP contribution in [0.2, 0.25) is 0 Å². The maximum atomic E-state index is 11.9. The summed E-state index contributed by atoms with van der Waals surface area (Å²) in [4.78, 5) is 26.5. The topological polar surface area (TPSA) is 58.6 Å². The molecule has 1 heterocycles. The van der Waals surface area contributed by atoms with Crippen LogP contribution in [0.15, 0.2) is 41.8 Å². The van der Waals surface area contributed by atoms with Crippen LogP contribution in [0.4, 0.5) is 5.69 Å². The molecule has 5 nitrogen and oxygen atoms in total. The lowest BCUT2D eigenvalue weighted by Crippen LogP contribution is -2.38. The summed E-state index contributed by atoms with van der Waals surface area (Å²) >= 11 is 1.56. The molecule has 2 rings (SSSR count). The molecule has 1 aromatic carbocycles. The zero-order valence-electron chi connectivity index (χ0n) is 14.8. The van der Waals surface area contributed by atoms with Gasteiger partial charge in [0.15, 0.2) is 0 Å². The third-order valence-corrected chi connectivity index (χ3v) is 4.35. The minimum Gasteiger partial charge on any atom is -0.491 e. The molecule has 0 atom stereocenters. The van der Waals surface area contributed by atoms with E-state index in [4.69, 9.17) is 4.74 Å². The maximum Gasteiger partial charge on any atom is 0.225 e. The zero-order valence-corrected chi connectivity index (χ0v) is 15.6. The third kappa shape index (κ3) is 6.23. The molecule has 0 unspecified atom stereocenters. The van der Waals surface area contributed by atoms with Crippen LogP contribution in [0, 0.1) is 0 Å². The van der Waals surface area contributed by atoms with Crippen LogP contribution in [0.5, 0.6) is 5.75 Å². The summed E-state index contributed by atoms with van der Waals surface area (Å²) in [5, 5.41) is 4.81. The van der Waals surface area contributed by atoms with E-state index in [-0.39, 0.29) is 17.9 Å². The van der Waals surface area contributed by atoms with Crippen LogP contribution in [-0.4, -0.2) is 31.0 Å². The molecule has 1 N–H and O–H groups in total. The lowest BCUT2D eigenvalue weighted by Gasteiger charge is -2.22. The minimum absolute atomic E-state index is 0.0355. The van der Waals surface area contributed by atoms with Gasteiger partial charge < -0.3 is 15.0 Å². The fourth-order valence-electron chi connectivity index (χ4n) is 2.39. The van der Waals surface area contributed by atoms with Crippen molar-refractivity contribution in [3.8, 4) is 5.75 Å². The van der Waals surface area contributed by atoms with Gasteiger partial charge in [-0.05, 0) is 49.6 Å². The highest BCUT2D eigenvalue weighted by Crippen LogP contribution is 2.20. The van der Waals surface area contributed by atoms with E-state index < -0.39 is 0 Å². The highest BCUT2D eigenvalue weighted by molar-refractivity contribution is 7.10. The summed E-state index contributed by atoms with van der Waals surface area (Å²) in [5.41, 5.74) is 0.788. The fraction of sp³-hybridized carbons (Fsp3) is 0.368. The number of ether oxygens (including phenoxy) is 1. The Kier molecular flexibility index (Phi) is 7.01. The molecule has 0 fully saturated rings. The van der Waals surface area contributed by atoms with Crippen molar-refractivity contribution in [3.63, 3.8) is 0 Å². The normalized spacial score (nSPS) is 10.6. The van der Waals surface area contributed by atoms with Crippen LogP contribution < -0.4 is 15.0 Å². The number of nitrogens with one attached hydrogen (secondary N) is 1. The van der Waals surface area contributed by atoms with Crippen LogP contribution >= 0.6 is 11.3 Å². The van der Waals surface area contributed by atoms with Crippen molar-refractivity contribution in [2.45, 2.75) is 33.3 Å². The third-order valence-electron chi connectivity index (χ3n) is 3.47. The molecule has 0 aliphatic heterocycles. The quantitative estimate of drug-likeness (QED) is 0.786. The van der Waals surface area contributed by atoms with E-state index >= 15 is 0 Å². The van der Waals surface area contributed by atoms with Gasteiger partial charge in [0.25, 0.3) is 0 Å². The number of hydrogen-bond donors (Lipinski definition) is 1. The second-order valence-electron chi connectivity index (χ2n) is 5.94. The van der Waals surface area contributed by atoms with E-state index in [1.807, 2.05) is 55.6 Å². The van der Waals surface area contributed by atoms with E-state index in [9.17, 15) is 9.59 Å². The zero-order chi connectivity index (χ0) is 18.2. The molecule has 0 saturated carbocycles. The largest absolute Gasteiger partial charge is 0.491 e. The summed E-state index contributed by atoms with van der Waals surface area (Å²) in [6.45, 7) is 6.29. The number of carbonyl (C=O) groups excluding carboxylic acids is 2. The Morgan fingerprint density at radius 3 is 2.48 bits per heavy atom. The van der Waals surface area contributed by atoms with Gasteiger partial charge in [-0.15, -0.1) is 11.3 Å². The molecule has 1 aromatic heterocycles. The van der Waals surface area contributed by atoms with Crippen molar-refractivity contribution in [1.82, 2.24) is 5.32 Å². The summed E-state index contributed by atoms with van der Waals surface area (Å²) < 4.78 is 5.61. The first-order valence-electron chi connectivity index (χ1n) is 8.29. The predicted octanol–water partition coefficient (Wildman–Crippen LogP) is 3.25. The van der Waals surface area contributed by atoms with E-state index in [1.54, 1.807) is 16.2 Å². The van der Waals surface area contributed by atoms with Crippen molar-refractivity contribution >= 4 is 28.8 Å². The van der Waals surface area contributed by atoms with Gasteiger partial charge in [-0.3, -0.25) is 9.59 Å². The van der Waals surface area contributed by atoms with Crippen LogP contribution in [0.3, 0.4) is 0 Å². The summed E-state index contributed by atoms with van der Waals surface area (Å²) in [7, 11) is 0. The van der Waals surface area contributed by atoms with Crippen molar-refractivity contribution in [2.24, 2.45) is 0 Å². The number of carbonyl (C=O) groups is 2. The minimum atomic E-state index is -0.0648. The van der Waals surface area contributed by atoms with E-state index in [1.165, 1.54) is 6.92 Å². The monoisotopic (exact) mass is 360 g/mol. The van der Waals surface area contributed by atoms with Gasteiger partial charge in [0.2, 0.25) is 11.8 Å². The van der Waals surface area contributed by atoms with Gasteiger partial charge in [-0.1, -0.05) is 6.07 Å². The molecule has 6 heteroatoms. The average Bonchev–Trinajstić information content (AvgIpc) is 3.04. The van der Waals surface area contributed by atoms with Gasteiger partial charge in [0, 0.05) is 30.6 Å². The Hall–Kier alpha value is -2.34. The molecule has 2 amide bonds. The molecular formula is C19H24N2O3S. The molecule has 0 bridgehead atoms. The number of anilines is 1. The Morgan fingerprint density at radius 2 is 1.92 bits per heavy atom. The summed E-state index contributed by atoms with van der Waals surface area (Å²) in [6.07, 6.45) is 0.479. The van der Waals surface area contributed by atoms with Crippen LogP contribution in [0.1, 0.15) is 25.6 Å². The maximum absolute atomic E-state index is 11.9. The van der Waals surface area contributed by atoms with Crippen molar-refractivity contribution in [3.05, 3.63) is 46.7 Å². The summed E-state index contributed by atoms with van der Waals surface area (Å²) in [6, 6.07) is 11.3. The number of rotatable bonds is 8. The van der Waals surface area contributed by atoms with E-state index in [0.717, 1.165) is 16.3 Å². The first kappa shape index (κ1) is 19.0. The van der Waals surface area contributed by atoms with E-state index in [0.29, 0.717) is 19.5 Å². The van der Waals surface area contributed by atoms with Gasteiger partial charge in [-0.2, -0.15) is 0 Å². The standard InChI is InChI=1S/C19H24N2O3S/c1-14(2)24-17-8-6-16(7-9-17)21(15(3)22)11-10-20-19(23)13-18-5-4-12-25-18/h4-9,12,14H,10-11,13H2,1-3H3,(H,20,23). The van der Waals surface area contributed by atoms with E-state index in [2.05, 4.69) is 5.32 Å². The van der Waals surface area contributed by atoms with Crippen molar-refractivity contribution < 1.29 is 14.3 Å². The predicted molar refractivity (Wildman–Crippen MR) is 101 cm³/mol. The van der Waals surface area contributed by atoms with Gasteiger partial charge in [0.05, 0.1) is 12.5 Å². The molecule has 134 valence electrons. The van der Waals surface area contributed by atoms with Crippen LogP contribution in [0.25, 0.3) is 0 Å².